The molecule has 1 amide bonds. The topological polar surface area (TPSA) is 83.0 Å². The second-order valence-corrected chi connectivity index (χ2v) is 3.83. The first-order valence-electron chi connectivity index (χ1n) is 5.49. The lowest BCUT2D eigenvalue weighted by atomic mass is 10.2. The fourth-order valence-corrected chi connectivity index (χ4v) is 1.54. The monoisotopic (exact) mass is 232 g/mol. The minimum atomic E-state index is -0.545. The van der Waals surface area contributed by atoms with Gasteiger partial charge in [0.25, 0.3) is 5.91 Å². The molecule has 5 nitrogen and oxygen atoms in total. The Morgan fingerprint density at radius 3 is 2.94 bits per heavy atom. The number of hydrogen-bond acceptors (Lipinski definition) is 4. The fourth-order valence-electron chi connectivity index (χ4n) is 1.54. The van der Waals surface area contributed by atoms with Crippen molar-refractivity contribution in [3.8, 4) is 6.07 Å². The molecule has 1 unspecified atom stereocenters. The van der Waals surface area contributed by atoms with Crippen LogP contribution in [0.1, 0.15) is 24.3 Å². The number of nitrogens with two attached hydrogens (primary N) is 1. The summed E-state index contributed by atoms with van der Waals surface area (Å²) in [5.74, 6) is -0.614. The van der Waals surface area contributed by atoms with Gasteiger partial charge in [-0.15, -0.1) is 0 Å². The summed E-state index contributed by atoms with van der Waals surface area (Å²) in [6, 6.07) is 5.64. The van der Waals surface area contributed by atoms with Crippen molar-refractivity contribution in [2.75, 3.05) is 18.0 Å². The van der Waals surface area contributed by atoms with Crippen LogP contribution in [0.5, 0.6) is 0 Å². The molecule has 90 valence electrons. The van der Waals surface area contributed by atoms with Gasteiger partial charge in [-0.1, -0.05) is 0 Å². The molecule has 0 aliphatic rings. The van der Waals surface area contributed by atoms with E-state index < -0.39 is 5.91 Å². The predicted octanol–water partition coefficient (Wildman–Crippen LogP) is 1.17. The number of nitrogens with zero attached hydrogens (tertiary/aromatic N) is 3. The van der Waals surface area contributed by atoms with Crippen molar-refractivity contribution < 1.29 is 4.79 Å². The number of hydrogen-bond donors (Lipinski definition) is 1. The summed E-state index contributed by atoms with van der Waals surface area (Å²) in [6.07, 6.45) is 1.55. The molecule has 0 radical (unpaired) electrons. The van der Waals surface area contributed by atoms with E-state index in [1.807, 2.05) is 18.7 Å². The Balaban J connectivity index is 2.92. The van der Waals surface area contributed by atoms with Crippen molar-refractivity contribution in [1.29, 1.82) is 5.26 Å². The average molecular weight is 232 g/mol. The lowest BCUT2D eigenvalue weighted by Crippen LogP contribution is -2.28. The van der Waals surface area contributed by atoms with Crippen LogP contribution in [0.25, 0.3) is 0 Å². The molecule has 1 heterocycles. The van der Waals surface area contributed by atoms with Gasteiger partial charge in [0.2, 0.25) is 0 Å². The Bertz CT molecular complexity index is 438. The molecule has 0 aliphatic carbocycles. The lowest BCUT2D eigenvalue weighted by molar-refractivity contribution is 0.0995. The molecule has 2 N–H and O–H groups in total. The summed E-state index contributed by atoms with van der Waals surface area (Å²) in [7, 11) is 0. The van der Waals surface area contributed by atoms with Crippen molar-refractivity contribution in [1.82, 2.24) is 4.98 Å². The van der Waals surface area contributed by atoms with E-state index in [1.165, 1.54) is 0 Å². The zero-order chi connectivity index (χ0) is 12.8. The van der Waals surface area contributed by atoms with E-state index in [9.17, 15) is 4.79 Å². The van der Waals surface area contributed by atoms with Gasteiger partial charge in [-0.3, -0.25) is 9.78 Å². The Labute approximate surface area is 101 Å². The molecule has 0 aliphatic heterocycles. The van der Waals surface area contributed by atoms with E-state index in [2.05, 4.69) is 11.1 Å². The normalized spacial score (nSPS) is 11.6. The third kappa shape index (κ3) is 3.45. The number of nitriles is 1. The first kappa shape index (κ1) is 13.0. The summed E-state index contributed by atoms with van der Waals surface area (Å²) in [5.41, 5.74) is 6.28. The SMILES string of the molecule is CCN(CC(C)C#N)c1ccnc(C(N)=O)c1. The summed E-state index contributed by atoms with van der Waals surface area (Å²) in [6.45, 7) is 5.23. The molecular formula is C12H16N4O. The van der Waals surface area contributed by atoms with Crippen molar-refractivity contribution in [2.45, 2.75) is 13.8 Å². The van der Waals surface area contributed by atoms with Crippen LogP contribution in [0.4, 0.5) is 5.69 Å². The molecule has 0 saturated carbocycles. The van der Waals surface area contributed by atoms with Crippen LogP contribution >= 0.6 is 0 Å². The Kier molecular flexibility index (Phi) is 4.46. The number of anilines is 1. The Morgan fingerprint density at radius 1 is 1.71 bits per heavy atom. The number of rotatable bonds is 5. The van der Waals surface area contributed by atoms with Crippen LogP contribution in [0.15, 0.2) is 18.3 Å². The quantitative estimate of drug-likeness (QED) is 0.825. The van der Waals surface area contributed by atoms with Crippen molar-refractivity contribution in [2.24, 2.45) is 11.7 Å². The number of aromatic nitrogens is 1. The van der Waals surface area contributed by atoms with Crippen LogP contribution < -0.4 is 10.6 Å². The molecule has 1 aromatic heterocycles. The molecule has 0 saturated heterocycles. The number of pyridine rings is 1. The van der Waals surface area contributed by atoms with E-state index in [4.69, 9.17) is 11.0 Å². The zero-order valence-electron chi connectivity index (χ0n) is 10.1. The predicted molar refractivity (Wildman–Crippen MR) is 65.4 cm³/mol. The third-order valence-electron chi connectivity index (χ3n) is 2.46. The fraction of sp³-hybridized carbons (Fsp3) is 0.417. The molecular weight excluding hydrogens is 216 g/mol. The van der Waals surface area contributed by atoms with E-state index in [0.717, 1.165) is 12.2 Å². The van der Waals surface area contributed by atoms with Crippen molar-refractivity contribution >= 4 is 11.6 Å². The molecule has 1 atom stereocenters. The van der Waals surface area contributed by atoms with Gasteiger partial charge in [0, 0.05) is 25.0 Å². The number of carbonyl (C=O) groups is 1. The second kappa shape index (κ2) is 5.85. The number of carbonyl (C=O) groups excluding carboxylic acids is 1. The van der Waals surface area contributed by atoms with Crippen molar-refractivity contribution in [3.05, 3.63) is 24.0 Å². The minimum absolute atomic E-state index is 0.0693. The largest absolute Gasteiger partial charge is 0.370 e. The van der Waals surface area contributed by atoms with Gasteiger partial charge in [0.15, 0.2) is 0 Å². The highest BCUT2D eigenvalue weighted by Crippen LogP contribution is 2.15. The maximum atomic E-state index is 11.0. The smallest absolute Gasteiger partial charge is 0.267 e. The summed E-state index contributed by atoms with van der Waals surface area (Å²) in [5, 5.41) is 8.81. The van der Waals surface area contributed by atoms with Crippen LogP contribution in [0.3, 0.4) is 0 Å². The van der Waals surface area contributed by atoms with Gasteiger partial charge in [-0.05, 0) is 26.0 Å². The molecule has 0 aromatic carbocycles. The average Bonchev–Trinajstić information content (AvgIpc) is 2.35. The zero-order valence-corrected chi connectivity index (χ0v) is 10.1. The van der Waals surface area contributed by atoms with Crippen LogP contribution in [-0.2, 0) is 0 Å². The van der Waals surface area contributed by atoms with Gasteiger partial charge < -0.3 is 10.6 Å². The van der Waals surface area contributed by atoms with E-state index >= 15 is 0 Å². The van der Waals surface area contributed by atoms with Gasteiger partial charge in [-0.25, -0.2) is 0 Å². The van der Waals surface area contributed by atoms with Gasteiger partial charge >= 0.3 is 0 Å². The highest BCUT2D eigenvalue weighted by atomic mass is 16.1. The maximum Gasteiger partial charge on any atom is 0.267 e. The molecule has 5 heteroatoms. The van der Waals surface area contributed by atoms with Gasteiger partial charge in [0.1, 0.15) is 5.69 Å². The minimum Gasteiger partial charge on any atom is -0.370 e. The van der Waals surface area contributed by atoms with Gasteiger partial charge in [0.05, 0.1) is 12.0 Å². The maximum absolute atomic E-state index is 11.0. The first-order chi connectivity index (χ1) is 8.08. The van der Waals surface area contributed by atoms with Crippen molar-refractivity contribution in [3.63, 3.8) is 0 Å². The number of amides is 1. The van der Waals surface area contributed by atoms with E-state index in [-0.39, 0.29) is 11.6 Å². The Morgan fingerprint density at radius 2 is 2.41 bits per heavy atom. The van der Waals surface area contributed by atoms with Crippen LogP contribution in [0.2, 0.25) is 0 Å². The van der Waals surface area contributed by atoms with E-state index in [1.54, 1.807) is 18.3 Å². The lowest BCUT2D eigenvalue weighted by Gasteiger charge is -2.24. The molecule has 1 aromatic rings. The molecule has 17 heavy (non-hydrogen) atoms. The molecule has 0 spiro atoms. The molecule has 0 bridgehead atoms. The molecule has 1 rings (SSSR count). The molecule has 0 fully saturated rings. The third-order valence-corrected chi connectivity index (χ3v) is 2.46. The highest BCUT2D eigenvalue weighted by Gasteiger charge is 2.11. The van der Waals surface area contributed by atoms with Crippen LogP contribution in [-0.4, -0.2) is 24.0 Å². The van der Waals surface area contributed by atoms with Crippen LogP contribution in [0, 0.1) is 17.2 Å². The van der Waals surface area contributed by atoms with Gasteiger partial charge in [-0.2, -0.15) is 5.26 Å². The summed E-state index contributed by atoms with van der Waals surface area (Å²) in [4.78, 5) is 16.9. The first-order valence-corrected chi connectivity index (χ1v) is 5.49. The number of primary amides is 1. The Hall–Kier alpha value is -2.09. The second-order valence-electron chi connectivity index (χ2n) is 3.83. The standard InChI is InChI=1S/C12H16N4O/c1-3-16(8-9(2)7-13)10-4-5-15-11(6-10)12(14)17/h4-6,9H,3,8H2,1-2H3,(H2,14,17). The highest BCUT2D eigenvalue weighted by molar-refractivity contribution is 5.91. The van der Waals surface area contributed by atoms with E-state index in [0.29, 0.717) is 6.54 Å². The summed E-state index contributed by atoms with van der Waals surface area (Å²) >= 11 is 0. The summed E-state index contributed by atoms with van der Waals surface area (Å²) < 4.78 is 0.